The van der Waals surface area contributed by atoms with E-state index >= 15 is 0 Å². The zero-order valence-corrected chi connectivity index (χ0v) is 18.0. The molecule has 3 N–H and O–H groups in total. The smallest absolute Gasteiger partial charge is 0.243 e. The molecule has 0 aliphatic carbocycles. The van der Waals surface area contributed by atoms with Gasteiger partial charge in [0.25, 0.3) is 0 Å². The molecule has 10 heteroatoms. The first kappa shape index (κ1) is 20.5. The van der Waals surface area contributed by atoms with Crippen LogP contribution in [0.5, 0.6) is 5.75 Å². The summed E-state index contributed by atoms with van der Waals surface area (Å²) in [5.74, 6) is 0.301. The van der Waals surface area contributed by atoms with Gasteiger partial charge in [0.1, 0.15) is 29.0 Å². The summed E-state index contributed by atoms with van der Waals surface area (Å²) < 4.78 is 18.9. The Balaban J connectivity index is 1.52. The lowest BCUT2D eigenvalue weighted by molar-refractivity contribution is 0.0654. The molecule has 3 aromatic rings. The first-order chi connectivity index (χ1) is 14.1. The molecule has 0 saturated carbocycles. The number of hydrogen-bond donors (Lipinski definition) is 3. The lowest BCUT2D eigenvalue weighted by Crippen LogP contribution is -2.67. The summed E-state index contributed by atoms with van der Waals surface area (Å²) in [7, 11) is 0. The van der Waals surface area contributed by atoms with Crippen LogP contribution in [0.25, 0.3) is 21.8 Å². The Morgan fingerprint density at radius 2 is 2.00 bits per heavy atom. The maximum absolute atomic E-state index is 15.0. The van der Waals surface area contributed by atoms with Crippen LogP contribution in [-0.2, 0) is 0 Å². The monoisotopic (exact) mass is 429 g/mol. The van der Waals surface area contributed by atoms with Gasteiger partial charge in [-0.25, -0.2) is 14.4 Å². The summed E-state index contributed by atoms with van der Waals surface area (Å²) in [4.78, 5) is 8.43. The van der Waals surface area contributed by atoms with E-state index in [1.807, 2.05) is 33.8 Å². The summed E-state index contributed by atoms with van der Waals surface area (Å²) in [6.45, 7) is 7.80. The molecule has 0 bridgehead atoms. The number of benzene rings is 1. The molecule has 0 radical (unpaired) electrons. The summed E-state index contributed by atoms with van der Waals surface area (Å²) >= 11 is 1.25. The van der Waals surface area contributed by atoms with Crippen LogP contribution < -0.4 is 10.6 Å². The third kappa shape index (κ3) is 4.10. The Labute approximate surface area is 178 Å². The maximum atomic E-state index is 15.0. The van der Waals surface area contributed by atoms with Gasteiger partial charge in [0.05, 0.1) is 12.2 Å². The predicted octanol–water partition coefficient (Wildman–Crippen LogP) is 3.43. The van der Waals surface area contributed by atoms with E-state index in [4.69, 9.17) is 0 Å². The Kier molecular flexibility index (Phi) is 5.15. The summed E-state index contributed by atoms with van der Waals surface area (Å²) in [5.41, 5.74) is 0.792. The number of alkyl halides is 1. The first-order valence-electron chi connectivity index (χ1n) is 9.65. The number of phenols is 1. The van der Waals surface area contributed by atoms with Crippen LogP contribution in [0, 0.1) is 0 Å². The van der Waals surface area contributed by atoms with E-state index in [-0.39, 0.29) is 17.2 Å². The maximum Gasteiger partial charge on any atom is 0.243 e. The molecule has 1 aromatic carbocycles. The van der Waals surface area contributed by atoms with E-state index in [2.05, 4.69) is 35.2 Å². The number of nitrogens with zero attached hydrogens (tertiary/aromatic N) is 5. The molecule has 1 fully saturated rings. The van der Waals surface area contributed by atoms with E-state index in [1.54, 1.807) is 12.1 Å². The van der Waals surface area contributed by atoms with E-state index in [0.29, 0.717) is 22.7 Å². The average molecular weight is 430 g/mol. The fourth-order valence-electron chi connectivity index (χ4n) is 4.08. The molecular formula is C20H24FN7OS. The molecule has 0 amide bonds. The lowest BCUT2D eigenvalue weighted by atomic mass is 9.78. The minimum absolute atomic E-state index is 0.0465. The first-order valence-corrected chi connectivity index (χ1v) is 10.4. The van der Waals surface area contributed by atoms with Gasteiger partial charge in [-0.3, -0.25) is 0 Å². The summed E-state index contributed by atoms with van der Waals surface area (Å²) in [6.07, 6.45) is 2.44. The van der Waals surface area contributed by atoms with Crippen LogP contribution in [-0.4, -0.2) is 52.9 Å². The molecule has 4 rings (SSSR count). The second-order valence-electron chi connectivity index (χ2n) is 8.73. The summed E-state index contributed by atoms with van der Waals surface area (Å²) in [6, 6.07) is 4.73. The minimum Gasteiger partial charge on any atom is -0.507 e. The highest BCUT2D eigenvalue weighted by molar-refractivity contribution is 7.09. The molecule has 1 unspecified atom stereocenters. The van der Waals surface area contributed by atoms with Crippen molar-refractivity contribution in [3.05, 3.63) is 30.7 Å². The molecule has 8 nitrogen and oxygen atoms in total. The van der Waals surface area contributed by atoms with Gasteiger partial charge in [-0.05, 0) is 57.8 Å². The van der Waals surface area contributed by atoms with E-state index < -0.39 is 17.8 Å². The van der Waals surface area contributed by atoms with Crippen molar-refractivity contribution in [1.82, 2.24) is 29.9 Å². The van der Waals surface area contributed by atoms with E-state index in [0.717, 1.165) is 5.56 Å². The molecule has 0 spiro atoms. The highest BCUT2D eigenvalue weighted by Crippen LogP contribution is 2.34. The van der Waals surface area contributed by atoms with Gasteiger partial charge in [0.2, 0.25) is 5.95 Å². The van der Waals surface area contributed by atoms with Crippen molar-refractivity contribution in [2.75, 3.05) is 5.32 Å². The summed E-state index contributed by atoms with van der Waals surface area (Å²) in [5, 5.41) is 25.8. The molecule has 30 heavy (non-hydrogen) atoms. The van der Waals surface area contributed by atoms with Crippen molar-refractivity contribution >= 4 is 17.5 Å². The quantitative estimate of drug-likeness (QED) is 0.579. The van der Waals surface area contributed by atoms with Crippen LogP contribution >= 0.6 is 11.5 Å². The molecule has 1 aliphatic rings. The Hall–Kier alpha value is -2.72. The van der Waals surface area contributed by atoms with E-state index in [1.165, 1.54) is 24.1 Å². The SMILES string of the molecule is CC1(C)CC(Nc2ncc(-c3ccc(-c4ncns4)cc3O)nn2)[C@H](F)C(C)(C)N1. The van der Waals surface area contributed by atoms with Gasteiger partial charge < -0.3 is 15.7 Å². The molecule has 3 heterocycles. The standard InChI is InChI=1S/C20H24FN7OS/c1-19(2)8-13(16(21)20(3,4)28-19)25-18-22-9-14(26-27-18)12-6-5-11(7-15(12)29)17-23-10-24-30-17/h5-7,9-10,13,16,28-29H,8H2,1-4H3,(H,22,25,27)/t13?,16-/m0/s1. The van der Waals surface area contributed by atoms with Crippen LogP contribution in [0.1, 0.15) is 34.1 Å². The number of aromatic hydroxyl groups is 1. The van der Waals surface area contributed by atoms with Gasteiger partial charge >= 0.3 is 0 Å². The zero-order chi connectivity index (χ0) is 21.5. The Morgan fingerprint density at radius 3 is 2.63 bits per heavy atom. The number of aromatic nitrogens is 5. The van der Waals surface area contributed by atoms with Gasteiger partial charge in [0.15, 0.2) is 0 Å². The second kappa shape index (κ2) is 7.51. The molecule has 1 saturated heterocycles. The second-order valence-corrected chi connectivity index (χ2v) is 9.51. The van der Waals surface area contributed by atoms with Crippen molar-refractivity contribution in [1.29, 1.82) is 0 Å². The van der Waals surface area contributed by atoms with Crippen molar-refractivity contribution < 1.29 is 9.50 Å². The highest BCUT2D eigenvalue weighted by atomic mass is 32.1. The zero-order valence-electron chi connectivity index (χ0n) is 17.2. The topological polar surface area (TPSA) is 109 Å². The molecule has 2 aromatic heterocycles. The third-order valence-electron chi connectivity index (χ3n) is 5.19. The fourth-order valence-corrected chi connectivity index (χ4v) is 4.61. The van der Waals surface area contributed by atoms with Gasteiger partial charge in [-0.15, -0.1) is 10.2 Å². The van der Waals surface area contributed by atoms with Crippen LogP contribution in [0.15, 0.2) is 30.7 Å². The third-order valence-corrected chi connectivity index (χ3v) is 5.91. The predicted molar refractivity (Wildman–Crippen MR) is 114 cm³/mol. The van der Waals surface area contributed by atoms with Gasteiger partial charge in [-0.1, -0.05) is 6.07 Å². The molecular weight excluding hydrogens is 405 g/mol. The normalized spacial score (nSPS) is 22.6. The van der Waals surface area contributed by atoms with Crippen LogP contribution in [0.2, 0.25) is 0 Å². The average Bonchev–Trinajstić information content (AvgIpc) is 3.20. The van der Waals surface area contributed by atoms with Crippen molar-refractivity contribution in [3.8, 4) is 27.6 Å². The number of nitrogens with one attached hydrogen (secondary N) is 2. The van der Waals surface area contributed by atoms with Crippen LogP contribution in [0.3, 0.4) is 0 Å². The van der Waals surface area contributed by atoms with E-state index in [9.17, 15) is 9.50 Å². The van der Waals surface area contributed by atoms with Gasteiger partial charge in [0, 0.05) is 22.2 Å². The number of halogens is 1. The Morgan fingerprint density at radius 1 is 1.20 bits per heavy atom. The van der Waals surface area contributed by atoms with Crippen molar-refractivity contribution in [2.24, 2.45) is 0 Å². The number of rotatable bonds is 4. The lowest BCUT2D eigenvalue weighted by Gasteiger charge is -2.48. The van der Waals surface area contributed by atoms with Crippen molar-refractivity contribution in [2.45, 2.75) is 57.4 Å². The number of piperidine rings is 1. The molecule has 2 atom stereocenters. The largest absolute Gasteiger partial charge is 0.507 e. The van der Waals surface area contributed by atoms with Gasteiger partial charge in [-0.2, -0.15) is 4.37 Å². The molecule has 158 valence electrons. The van der Waals surface area contributed by atoms with Crippen LogP contribution in [0.4, 0.5) is 10.3 Å². The Bertz CT molecular complexity index is 1020. The minimum atomic E-state index is -1.12. The number of hydrogen-bond acceptors (Lipinski definition) is 9. The number of anilines is 1. The fraction of sp³-hybridized carbons (Fsp3) is 0.450. The number of phenolic OH excluding ortho intramolecular Hbond substituents is 1. The molecule has 1 aliphatic heterocycles. The van der Waals surface area contributed by atoms with Crippen molar-refractivity contribution in [3.63, 3.8) is 0 Å². The highest BCUT2D eigenvalue weighted by Gasteiger charge is 2.46.